The minimum Gasteiger partial charge on any atom is -0.392 e. The smallest absolute Gasteiger partial charge is 0.0664 e. The number of aliphatic hydroxyl groups is 1. The summed E-state index contributed by atoms with van der Waals surface area (Å²) in [5, 5.41) is 12.9. The molecular weight excluding hydrogens is 200 g/mol. The van der Waals surface area contributed by atoms with Crippen LogP contribution in [0.1, 0.15) is 38.3 Å². The first-order chi connectivity index (χ1) is 7.83. The van der Waals surface area contributed by atoms with Gasteiger partial charge in [0.15, 0.2) is 0 Å². The summed E-state index contributed by atoms with van der Waals surface area (Å²) in [5.74, 6) is 0. The minimum atomic E-state index is -0.227. The first-order valence-corrected chi connectivity index (χ1v) is 6.11. The Morgan fingerprint density at radius 3 is 2.94 bits per heavy atom. The summed E-state index contributed by atoms with van der Waals surface area (Å²) in [6, 6.07) is 5.86. The van der Waals surface area contributed by atoms with E-state index in [1.54, 1.807) is 6.20 Å². The van der Waals surface area contributed by atoms with E-state index >= 15 is 0 Å². The molecule has 1 heterocycles. The summed E-state index contributed by atoms with van der Waals surface area (Å²) < 4.78 is 0. The number of pyridine rings is 1. The molecule has 1 rings (SSSR count). The number of aromatic nitrogens is 1. The van der Waals surface area contributed by atoms with Gasteiger partial charge in [-0.2, -0.15) is 0 Å². The second-order valence-electron chi connectivity index (χ2n) is 4.10. The SMILES string of the molecule is CCCCCC(O)CNCc1ccccn1. The van der Waals surface area contributed by atoms with Crippen LogP contribution in [0.2, 0.25) is 0 Å². The molecule has 0 aliphatic rings. The molecule has 0 saturated heterocycles. The zero-order valence-electron chi connectivity index (χ0n) is 10.0. The van der Waals surface area contributed by atoms with Crippen LogP contribution in [-0.4, -0.2) is 22.7 Å². The van der Waals surface area contributed by atoms with Gasteiger partial charge in [0.05, 0.1) is 11.8 Å². The fraction of sp³-hybridized carbons (Fsp3) is 0.615. The highest BCUT2D eigenvalue weighted by Crippen LogP contribution is 2.02. The fourth-order valence-electron chi connectivity index (χ4n) is 1.60. The molecule has 0 aliphatic carbocycles. The van der Waals surface area contributed by atoms with Crippen LogP contribution >= 0.6 is 0 Å². The van der Waals surface area contributed by atoms with Crippen molar-refractivity contribution in [1.82, 2.24) is 10.3 Å². The topological polar surface area (TPSA) is 45.1 Å². The van der Waals surface area contributed by atoms with Gasteiger partial charge in [0.25, 0.3) is 0 Å². The molecule has 1 aromatic rings. The minimum absolute atomic E-state index is 0.227. The number of nitrogens with one attached hydrogen (secondary N) is 1. The number of hydrogen-bond donors (Lipinski definition) is 2. The summed E-state index contributed by atoms with van der Waals surface area (Å²) in [4.78, 5) is 4.21. The van der Waals surface area contributed by atoms with Crippen LogP contribution < -0.4 is 5.32 Å². The molecule has 1 unspecified atom stereocenters. The predicted molar refractivity (Wildman–Crippen MR) is 66.1 cm³/mol. The second kappa shape index (κ2) is 8.25. The Hall–Kier alpha value is -0.930. The van der Waals surface area contributed by atoms with Gasteiger partial charge < -0.3 is 10.4 Å². The molecule has 1 atom stereocenters. The van der Waals surface area contributed by atoms with E-state index in [1.165, 1.54) is 12.8 Å². The Morgan fingerprint density at radius 2 is 2.25 bits per heavy atom. The predicted octanol–water partition coefficient (Wildman–Crippen LogP) is 2.11. The zero-order chi connectivity index (χ0) is 11.6. The van der Waals surface area contributed by atoms with Crippen molar-refractivity contribution in [3.8, 4) is 0 Å². The van der Waals surface area contributed by atoms with Crippen LogP contribution in [-0.2, 0) is 6.54 Å². The molecule has 1 aromatic heterocycles. The van der Waals surface area contributed by atoms with Crippen molar-refractivity contribution in [1.29, 1.82) is 0 Å². The van der Waals surface area contributed by atoms with Crippen molar-refractivity contribution in [2.75, 3.05) is 6.54 Å². The highest BCUT2D eigenvalue weighted by Gasteiger charge is 2.02. The van der Waals surface area contributed by atoms with Gasteiger partial charge in [0, 0.05) is 19.3 Å². The van der Waals surface area contributed by atoms with E-state index < -0.39 is 0 Å². The van der Waals surface area contributed by atoms with Crippen LogP contribution in [0.25, 0.3) is 0 Å². The number of nitrogens with zero attached hydrogens (tertiary/aromatic N) is 1. The third kappa shape index (κ3) is 5.83. The van der Waals surface area contributed by atoms with Gasteiger partial charge in [-0.3, -0.25) is 4.98 Å². The van der Waals surface area contributed by atoms with Crippen LogP contribution in [0, 0.1) is 0 Å². The van der Waals surface area contributed by atoms with E-state index in [1.807, 2.05) is 18.2 Å². The van der Waals surface area contributed by atoms with E-state index in [0.717, 1.165) is 25.1 Å². The average molecular weight is 222 g/mol. The van der Waals surface area contributed by atoms with Gasteiger partial charge in [-0.25, -0.2) is 0 Å². The molecule has 3 heteroatoms. The van der Waals surface area contributed by atoms with Crippen molar-refractivity contribution in [3.63, 3.8) is 0 Å². The quantitative estimate of drug-likeness (QED) is 0.662. The van der Waals surface area contributed by atoms with Crippen molar-refractivity contribution >= 4 is 0 Å². The molecule has 0 amide bonds. The van der Waals surface area contributed by atoms with Crippen molar-refractivity contribution in [3.05, 3.63) is 30.1 Å². The highest BCUT2D eigenvalue weighted by atomic mass is 16.3. The number of hydrogen-bond acceptors (Lipinski definition) is 3. The molecule has 0 aromatic carbocycles. The number of rotatable bonds is 8. The number of aliphatic hydroxyl groups excluding tert-OH is 1. The lowest BCUT2D eigenvalue weighted by Gasteiger charge is -2.11. The van der Waals surface area contributed by atoms with Gasteiger partial charge in [0.1, 0.15) is 0 Å². The molecular formula is C13H22N2O. The Bertz CT molecular complexity index is 264. The Morgan fingerprint density at radius 1 is 1.38 bits per heavy atom. The van der Waals surface area contributed by atoms with Crippen molar-refractivity contribution in [2.45, 2.75) is 45.3 Å². The van der Waals surface area contributed by atoms with Crippen LogP contribution in [0.5, 0.6) is 0 Å². The third-order valence-electron chi connectivity index (χ3n) is 2.55. The molecule has 2 N–H and O–H groups in total. The van der Waals surface area contributed by atoms with E-state index in [4.69, 9.17) is 0 Å². The summed E-state index contributed by atoms with van der Waals surface area (Å²) in [6.07, 6.45) is 5.97. The van der Waals surface area contributed by atoms with Crippen LogP contribution in [0.3, 0.4) is 0 Å². The summed E-state index contributed by atoms with van der Waals surface area (Å²) in [7, 11) is 0. The van der Waals surface area contributed by atoms with Gasteiger partial charge >= 0.3 is 0 Å². The highest BCUT2D eigenvalue weighted by molar-refractivity contribution is 5.02. The lowest BCUT2D eigenvalue weighted by atomic mass is 10.1. The first-order valence-electron chi connectivity index (χ1n) is 6.11. The maximum Gasteiger partial charge on any atom is 0.0664 e. The Labute approximate surface area is 97.9 Å². The maximum absolute atomic E-state index is 9.67. The summed E-state index contributed by atoms with van der Waals surface area (Å²) in [5.41, 5.74) is 1.02. The van der Waals surface area contributed by atoms with Gasteiger partial charge in [-0.15, -0.1) is 0 Å². The van der Waals surface area contributed by atoms with Crippen molar-refractivity contribution < 1.29 is 5.11 Å². The van der Waals surface area contributed by atoms with E-state index in [0.29, 0.717) is 6.54 Å². The Kier molecular flexibility index (Phi) is 6.77. The fourth-order valence-corrected chi connectivity index (χ4v) is 1.60. The molecule has 90 valence electrons. The third-order valence-corrected chi connectivity index (χ3v) is 2.55. The van der Waals surface area contributed by atoms with E-state index in [2.05, 4.69) is 17.2 Å². The normalized spacial score (nSPS) is 12.6. The molecule has 0 radical (unpaired) electrons. The molecule has 0 spiro atoms. The monoisotopic (exact) mass is 222 g/mol. The average Bonchev–Trinajstić information content (AvgIpc) is 2.31. The van der Waals surface area contributed by atoms with E-state index in [-0.39, 0.29) is 6.10 Å². The Balaban J connectivity index is 2.06. The van der Waals surface area contributed by atoms with Crippen LogP contribution in [0.4, 0.5) is 0 Å². The second-order valence-corrected chi connectivity index (χ2v) is 4.10. The van der Waals surface area contributed by atoms with Crippen molar-refractivity contribution in [2.24, 2.45) is 0 Å². The first kappa shape index (κ1) is 13.1. The lowest BCUT2D eigenvalue weighted by Crippen LogP contribution is -2.26. The lowest BCUT2D eigenvalue weighted by molar-refractivity contribution is 0.157. The van der Waals surface area contributed by atoms with Gasteiger partial charge in [-0.1, -0.05) is 32.3 Å². The molecule has 0 bridgehead atoms. The molecule has 0 saturated carbocycles. The van der Waals surface area contributed by atoms with Crippen LogP contribution in [0.15, 0.2) is 24.4 Å². The zero-order valence-corrected chi connectivity index (χ0v) is 10.0. The summed E-state index contributed by atoms with van der Waals surface area (Å²) in [6.45, 7) is 3.55. The maximum atomic E-state index is 9.67. The molecule has 0 fully saturated rings. The standard InChI is InChI=1S/C13H22N2O/c1-2-3-4-8-13(16)11-14-10-12-7-5-6-9-15-12/h5-7,9,13-14,16H,2-4,8,10-11H2,1H3. The van der Waals surface area contributed by atoms with Gasteiger partial charge in [-0.05, 0) is 18.6 Å². The number of unbranched alkanes of at least 4 members (excludes halogenated alkanes) is 2. The van der Waals surface area contributed by atoms with Gasteiger partial charge in [0.2, 0.25) is 0 Å². The molecule has 16 heavy (non-hydrogen) atoms. The summed E-state index contributed by atoms with van der Waals surface area (Å²) >= 11 is 0. The largest absolute Gasteiger partial charge is 0.392 e. The molecule has 0 aliphatic heterocycles. The molecule has 3 nitrogen and oxygen atoms in total. The van der Waals surface area contributed by atoms with E-state index in [9.17, 15) is 5.11 Å².